The van der Waals surface area contributed by atoms with Gasteiger partial charge in [0.25, 0.3) is 5.91 Å². The fraction of sp³-hybridized carbons (Fsp3) is 0.929. The van der Waals surface area contributed by atoms with E-state index < -0.39 is 64.2 Å². The summed E-state index contributed by atoms with van der Waals surface area (Å²) >= 11 is 3.41. The number of hydrogen-bond donors (Lipinski definition) is 0. The molecule has 0 spiro atoms. The molecule has 0 atom stereocenters. The van der Waals surface area contributed by atoms with Crippen molar-refractivity contribution in [3.63, 3.8) is 0 Å². The highest BCUT2D eigenvalue weighted by Gasteiger charge is 2.95. The first-order valence-corrected chi connectivity index (χ1v) is 8.49. The van der Waals surface area contributed by atoms with E-state index in [1.165, 1.54) is 6.92 Å². The van der Waals surface area contributed by atoms with Crippen molar-refractivity contribution < 1.29 is 75.0 Å². The first kappa shape index (κ1) is 31.6. The van der Waals surface area contributed by atoms with Gasteiger partial charge in [0.2, 0.25) is 0 Å². The Morgan fingerprint density at radius 3 is 1.24 bits per heavy atom. The lowest BCUT2D eigenvalue weighted by Crippen LogP contribution is -2.75. The van der Waals surface area contributed by atoms with Crippen LogP contribution in [-0.2, 0) is 4.79 Å². The molecule has 2 nitrogen and oxygen atoms in total. The van der Waals surface area contributed by atoms with E-state index in [9.17, 15) is 75.0 Å². The molecular formula is C14H12ClF16NO. The molecule has 0 aromatic carbocycles. The van der Waals surface area contributed by atoms with Gasteiger partial charge in [-0.2, -0.15) is 70.2 Å². The molecule has 0 saturated carbocycles. The molecule has 33 heavy (non-hydrogen) atoms. The topological polar surface area (TPSA) is 20.3 Å². The molecule has 0 bridgehead atoms. The second-order valence-corrected chi connectivity index (χ2v) is 7.07. The van der Waals surface area contributed by atoms with Crippen molar-refractivity contribution in [3.8, 4) is 0 Å². The number of alkyl halides is 17. The minimum Gasteiger partial charge on any atom is -0.340 e. The summed E-state index contributed by atoms with van der Waals surface area (Å²) in [5.41, 5.74) is 0. The maximum Gasteiger partial charge on any atom is 0.393 e. The molecule has 0 aliphatic rings. The third-order valence-corrected chi connectivity index (χ3v) is 4.42. The number of carbonyl (C=O) groups is 1. The van der Waals surface area contributed by atoms with Gasteiger partial charge in [0, 0.05) is 13.6 Å². The van der Waals surface area contributed by atoms with Gasteiger partial charge in [-0.1, -0.05) is 13.3 Å². The van der Waals surface area contributed by atoms with Gasteiger partial charge in [-0.25, -0.2) is 0 Å². The molecule has 1 amide bonds. The van der Waals surface area contributed by atoms with E-state index in [4.69, 9.17) is 0 Å². The van der Waals surface area contributed by atoms with Gasteiger partial charge in [0.15, 0.2) is 0 Å². The zero-order valence-electron chi connectivity index (χ0n) is 15.9. The molecule has 0 N–H and O–H groups in total. The molecule has 19 heteroatoms. The Morgan fingerprint density at radius 2 is 0.939 bits per heavy atom. The highest BCUT2D eigenvalue weighted by atomic mass is 35.5. The Hall–Kier alpha value is -1.36. The highest BCUT2D eigenvalue weighted by Crippen LogP contribution is 2.64. The van der Waals surface area contributed by atoms with E-state index in [0.29, 0.717) is 0 Å². The Morgan fingerprint density at radius 1 is 0.636 bits per heavy atom. The van der Waals surface area contributed by atoms with Crippen LogP contribution in [0.25, 0.3) is 0 Å². The van der Waals surface area contributed by atoms with Crippen molar-refractivity contribution in [2.45, 2.75) is 66.6 Å². The molecular weight excluding hydrogens is 538 g/mol. The Kier molecular flexibility index (Phi) is 8.34. The SMILES string of the molecule is CCCCN(C)C(=O)C(F)(F)C(F)(F)C(F)(F)C(F)(F)C(F)(F)C(F)(F)C(F)(F)C(F)(F)Cl. The monoisotopic (exact) mass is 549 g/mol. The molecule has 0 aliphatic heterocycles. The summed E-state index contributed by atoms with van der Waals surface area (Å²) in [5, 5.41) is -6.84. The Balaban J connectivity index is 6.68. The van der Waals surface area contributed by atoms with Gasteiger partial charge < -0.3 is 4.90 Å². The number of rotatable bonds is 11. The van der Waals surface area contributed by atoms with Crippen LogP contribution < -0.4 is 0 Å². The number of hydrogen-bond acceptors (Lipinski definition) is 1. The molecule has 0 radical (unpaired) electrons. The van der Waals surface area contributed by atoms with E-state index >= 15 is 0 Å². The predicted octanol–water partition coefficient (Wildman–Crippen LogP) is 6.52. The summed E-state index contributed by atoms with van der Waals surface area (Å²) in [6.07, 6.45) is -0.170. The largest absolute Gasteiger partial charge is 0.393 e. The third kappa shape index (κ3) is 4.39. The van der Waals surface area contributed by atoms with Crippen molar-refractivity contribution in [3.05, 3.63) is 0 Å². The van der Waals surface area contributed by atoms with Crippen molar-refractivity contribution in [1.82, 2.24) is 4.90 Å². The van der Waals surface area contributed by atoms with E-state index in [1.807, 2.05) is 0 Å². The summed E-state index contributed by atoms with van der Waals surface area (Å²) in [6.45, 7) is 0.469. The van der Waals surface area contributed by atoms with Crippen LogP contribution in [0.4, 0.5) is 70.2 Å². The van der Waals surface area contributed by atoms with Gasteiger partial charge in [0.05, 0.1) is 0 Å². The van der Waals surface area contributed by atoms with Crippen LogP contribution in [0, 0.1) is 0 Å². The lowest BCUT2D eigenvalue weighted by molar-refractivity contribution is -0.446. The zero-order valence-corrected chi connectivity index (χ0v) is 16.7. The standard InChI is InChI=1S/C14H12ClF16NO/c1-3-4-5-32(2)6(33)7(16,17)8(18,19)9(20,21)10(22,23)11(24,25)12(26,27)13(28,29)14(15,30)31/h3-5H2,1-2H3. The third-order valence-electron chi connectivity index (χ3n) is 4.18. The minimum absolute atomic E-state index is 0.0779. The van der Waals surface area contributed by atoms with Crippen molar-refractivity contribution in [2.24, 2.45) is 0 Å². The zero-order chi connectivity index (χ0) is 27.3. The lowest BCUT2D eigenvalue weighted by atomic mass is 9.89. The van der Waals surface area contributed by atoms with Crippen LogP contribution in [0.5, 0.6) is 0 Å². The Labute approximate surface area is 178 Å². The minimum atomic E-state index is -8.58. The van der Waals surface area contributed by atoms with Gasteiger partial charge in [-0.15, -0.1) is 0 Å². The molecule has 0 aromatic rings. The average molecular weight is 550 g/mol. The molecule has 198 valence electrons. The van der Waals surface area contributed by atoms with Gasteiger partial charge in [-0.05, 0) is 18.0 Å². The second kappa shape index (κ2) is 8.70. The number of nitrogens with zero attached hydrogens (tertiary/aromatic N) is 1. The van der Waals surface area contributed by atoms with Crippen molar-refractivity contribution >= 4 is 17.5 Å². The molecule has 0 rings (SSSR count). The quantitative estimate of drug-likeness (QED) is 0.212. The smallest absolute Gasteiger partial charge is 0.340 e. The summed E-state index contributed by atoms with van der Waals surface area (Å²) in [5.74, 6) is -59.9. The normalized spacial score (nSPS) is 15.6. The summed E-state index contributed by atoms with van der Waals surface area (Å²) in [7, 11) is 0.268. The maximum absolute atomic E-state index is 13.7. The summed E-state index contributed by atoms with van der Waals surface area (Å²) in [4.78, 5) is 11.0. The molecule has 0 heterocycles. The van der Waals surface area contributed by atoms with Crippen LogP contribution in [0.1, 0.15) is 19.8 Å². The molecule has 0 aromatic heterocycles. The van der Waals surface area contributed by atoms with Crippen molar-refractivity contribution in [2.75, 3.05) is 13.6 Å². The Bertz CT molecular complexity index is 716. The molecule has 0 aliphatic carbocycles. The maximum atomic E-state index is 13.7. The number of amides is 1. The lowest BCUT2D eigenvalue weighted by Gasteiger charge is -2.43. The van der Waals surface area contributed by atoms with Crippen LogP contribution in [0.2, 0.25) is 0 Å². The average Bonchev–Trinajstić information content (AvgIpc) is 2.63. The van der Waals surface area contributed by atoms with Crippen LogP contribution in [-0.4, -0.2) is 71.2 Å². The van der Waals surface area contributed by atoms with E-state index in [0.717, 1.165) is 0 Å². The first-order chi connectivity index (χ1) is 14.1. The van der Waals surface area contributed by atoms with Gasteiger partial charge >= 0.3 is 46.8 Å². The van der Waals surface area contributed by atoms with Crippen LogP contribution in [0.3, 0.4) is 0 Å². The fourth-order valence-electron chi connectivity index (χ4n) is 2.03. The number of unbranched alkanes of at least 4 members (excludes halogenated alkanes) is 1. The number of halogens is 17. The summed E-state index contributed by atoms with van der Waals surface area (Å²) in [6, 6.07) is 0. The van der Waals surface area contributed by atoms with Crippen LogP contribution in [0.15, 0.2) is 0 Å². The highest BCUT2D eigenvalue weighted by molar-refractivity contribution is 6.22. The number of carbonyl (C=O) groups excluding carboxylic acids is 1. The van der Waals surface area contributed by atoms with E-state index in [2.05, 4.69) is 11.6 Å². The van der Waals surface area contributed by atoms with Crippen molar-refractivity contribution in [1.29, 1.82) is 0 Å². The molecule has 0 saturated heterocycles. The molecule has 0 fully saturated rings. The van der Waals surface area contributed by atoms with Crippen LogP contribution >= 0.6 is 11.6 Å². The molecule has 0 unspecified atom stereocenters. The van der Waals surface area contributed by atoms with E-state index in [-0.39, 0.29) is 19.9 Å². The fourth-order valence-corrected chi connectivity index (χ4v) is 2.15. The second-order valence-electron chi connectivity index (χ2n) is 6.60. The summed E-state index contributed by atoms with van der Waals surface area (Å²) < 4.78 is 213. The predicted molar refractivity (Wildman–Crippen MR) is 78.0 cm³/mol. The van der Waals surface area contributed by atoms with Gasteiger partial charge in [-0.3, -0.25) is 4.79 Å². The van der Waals surface area contributed by atoms with E-state index in [1.54, 1.807) is 0 Å². The first-order valence-electron chi connectivity index (χ1n) is 8.11. The van der Waals surface area contributed by atoms with Gasteiger partial charge in [0.1, 0.15) is 0 Å².